The Bertz CT molecular complexity index is 1650. The number of nitrogens with one attached hydrogen (secondary N) is 6. The summed E-state index contributed by atoms with van der Waals surface area (Å²) < 4.78 is 0. The predicted octanol–water partition coefficient (Wildman–Crippen LogP) is 1.50. The molecule has 8 amide bonds. The van der Waals surface area contributed by atoms with E-state index in [2.05, 4.69) is 44.0 Å². The molecule has 2 saturated heterocycles. The highest BCUT2D eigenvalue weighted by Crippen LogP contribution is 2.24. The molecular formula is C43H72N10O8. The van der Waals surface area contributed by atoms with Crippen LogP contribution in [0.15, 0.2) is 0 Å². The number of nitriles is 2. The fourth-order valence-electron chi connectivity index (χ4n) is 7.22. The minimum absolute atomic E-state index is 0.106. The van der Waals surface area contributed by atoms with Crippen molar-refractivity contribution < 1.29 is 38.4 Å². The van der Waals surface area contributed by atoms with E-state index >= 15 is 0 Å². The van der Waals surface area contributed by atoms with Crippen LogP contribution >= 0.6 is 0 Å². The van der Waals surface area contributed by atoms with Crippen molar-refractivity contribution in [3.8, 4) is 12.1 Å². The third-order valence-corrected chi connectivity index (χ3v) is 10.7. The third kappa shape index (κ3) is 17.7. The van der Waals surface area contributed by atoms with Crippen molar-refractivity contribution in [3.05, 3.63) is 0 Å². The lowest BCUT2D eigenvalue weighted by atomic mass is 9.85. The van der Waals surface area contributed by atoms with Crippen molar-refractivity contribution in [1.29, 1.82) is 10.5 Å². The summed E-state index contributed by atoms with van der Waals surface area (Å²) >= 11 is 0. The first-order valence-corrected chi connectivity index (χ1v) is 21.3. The van der Waals surface area contributed by atoms with Gasteiger partial charge in [0.05, 0.1) is 12.1 Å². The van der Waals surface area contributed by atoms with Crippen molar-refractivity contribution in [1.82, 2.24) is 41.7 Å². The number of nitrogens with zero attached hydrogens (tertiary/aromatic N) is 4. The molecule has 8 atom stereocenters. The Balaban J connectivity index is 0.000000610. The van der Waals surface area contributed by atoms with Crippen LogP contribution in [-0.4, -0.2) is 120 Å². The van der Waals surface area contributed by atoms with E-state index in [9.17, 15) is 48.9 Å². The van der Waals surface area contributed by atoms with Crippen molar-refractivity contribution in [2.75, 3.05) is 27.2 Å². The number of amides is 8. The van der Waals surface area contributed by atoms with Crippen molar-refractivity contribution >= 4 is 47.3 Å². The van der Waals surface area contributed by atoms with E-state index in [0.717, 1.165) is 0 Å². The summed E-state index contributed by atoms with van der Waals surface area (Å²) in [5, 5.41) is 35.2. The Morgan fingerprint density at radius 1 is 0.672 bits per heavy atom. The summed E-state index contributed by atoms with van der Waals surface area (Å²) in [6.07, 6.45) is 2.53. The van der Waals surface area contributed by atoms with Crippen LogP contribution in [-0.2, 0) is 38.4 Å². The van der Waals surface area contributed by atoms with Crippen LogP contribution in [0.5, 0.6) is 0 Å². The molecule has 2 heterocycles. The summed E-state index contributed by atoms with van der Waals surface area (Å²) in [7, 11) is 3.08. The number of carbonyl (C=O) groups excluding carboxylic acids is 8. The number of hydrogen-bond acceptors (Lipinski definition) is 10. The summed E-state index contributed by atoms with van der Waals surface area (Å²) in [5.74, 6) is -2.99. The van der Waals surface area contributed by atoms with Crippen LogP contribution in [0.1, 0.15) is 115 Å². The summed E-state index contributed by atoms with van der Waals surface area (Å²) in [6, 6.07) is -0.679. The summed E-state index contributed by atoms with van der Waals surface area (Å²) in [4.78, 5) is 102. The van der Waals surface area contributed by atoms with Crippen molar-refractivity contribution in [2.24, 2.45) is 35.0 Å². The lowest BCUT2D eigenvalue weighted by Crippen LogP contribution is -2.58. The highest BCUT2D eigenvalue weighted by molar-refractivity contribution is 5.93. The second kappa shape index (κ2) is 24.9. The zero-order valence-electron chi connectivity index (χ0n) is 38.6. The molecule has 342 valence electrons. The average molecular weight is 857 g/mol. The van der Waals surface area contributed by atoms with Gasteiger partial charge in [-0.1, -0.05) is 62.3 Å². The van der Waals surface area contributed by atoms with Crippen molar-refractivity contribution in [3.63, 3.8) is 0 Å². The smallest absolute Gasteiger partial charge is 0.246 e. The van der Waals surface area contributed by atoms with Gasteiger partial charge in [0.15, 0.2) is 0 Å². The first kappa shape index (κ1) is 53.8. The highest BCUT2D eigenvalue weighted by Gasteiger charge is 2.39. The highest BCUT2D eigenvalue weighted by atomic mass is 16.2. The second-order valence-electron chi connectivity index (χ2n) is 18.5. The molecule has 18 heteroatoms. The van der Waals surface area contributed by atoms with Gasteiger partial charge in [0.2, 0.25) is 47.3 Å². The third-order valence-electron chi connectivity index (χ3n) is 10.7. The Morgan fingerprint density at radius 2 is 1.05 bits per heavy atom. The maximum absolute atomic E-state index is 13.2. The van der Waals surface area contributed by atoms with Gasteiger partial charge >= 0.3 is 0 Å². The van der Waals surface area contributed by atoms with Gasteiger partial charge in [-0.25, -0.2) is 0 Å². The van der Waals surface area contributed by atoms with Crippen LogP contribution in [0, 0.1) is 57.7 Å². The molecule has 0 spiro atoms. The minimum Gasteiger partial charge on any atom is -0.356 e. The Hall–Kier alpha value is -5.26. The van der Waals surface area contributed by atoms with Gasteiger partial charge in [0.1, 0.15) is 36.3 Å². The lowest BCUT2D eigenvalue weighted by molar-refractivity contribution is -0.144. The van der Waals surface area contributed by atoms with E-state index in [1.165, 1.54) is 30.7 Å². The van der Waals surface area contributed by atoms with Crippen molar-refractivity contribution in [2.45, 2.75) is 151 Å². The maximum Gasteiger partial charge on any atom is 0.246 e. The minimum atomic E-state index is -0.826. The average Bonchev–Trinajstić information content (AvgIpc) is 3.77. The molecule has 0 unspecified atom stereocenters. The van der Waals surface area contributed by atoms with Crippen LogP contribution in [0.2, 0.25) is 0 Å². The molecule has 0 aromatic heterocycles. The molecule has 18 nitrogen and oxygen atoms in total. The zero-order chi connectivity index (χ0) is 46.9. The number of hydrogen-bond donors (Lipinski definition) is 6. The zero-order valence-corrected chi connectivity index (χ0v) is 38.6. The van der Waals surface area contributed by atoms with E-state index in [1.54, 1.807) is 7.05 Å². The normalized spacial score (nSPS) is 19.0. The first-order valence-electron chi connectivity index (χ1n) is 21.3. The van der Waals surface area contributed by atoms with E-state index in [4.69, 9.17) is 0 Å². The molecule has 0 aliphatic carbocycles. The molecule has 0 aromatic rings. The quantitative estimate of drug-likeness (QED) is 0.109. The molecular weight excluding hydrogens is 785 g/mol. The number of rotatable bonds is 19. The standard InChI is InChI=1S/C22H37N5O4.C21H35N5O4/c1-13(2)10-17(27(7)21(31)18(22(4,5)6)25-14(3)28)20(30)26-16(12-23)11-15-8-9-24-19(15)29;1-12(2)9-17(26(6)21(30)18(13(3)4)24-14(5)27)20(29)25-16(11-22)10-15-7-8-23-19(15)28/h13,15-18H,8-11H2,1-7H3,(H,24,29)(H,25,28)(H,26,30);12-13,15-18H,7-10H2,1-6H3,(H,23,28)(H,24,27)(H,25,29)/t15-,16-,17-,18+;15-,16-,17-,18-/m00/s1. The topological polar surface area (TPSA) is 263 Å². The van der Waals surface area contributed by atoms with Gasteiger partial charge < -0.3 is 41.7 Å². The van der Waals surface area contributed by atoms with Crippen LogP contribution in [0.25, 0.3) is 0 Å². The van der Waals surface area contributed by atoms with Gasteiger partial charge in [0.25, 0.3) is 0 Å². The predicted molar refractivity (Wildman–Crippen MR) is 228 cm³/mol. The van der Waals surface area contributed by atoms with Gasteiger partial charge in [-0.2, -0.15) is 10.5 Å². The number of carbonyl (C=O) groups is 8. The van der Waals surface area contributed by atoms with Crippen LogP contribution in [0.4, 0.5) is 0 Å². The monoisotopic (exact) mass is 857 g/mol. The Morgan fingerprint density at radius 3 is 1.33 bits per heavy atom. The van der Waals surface area contributed by atoms with E-state index in [-0.39, 0.29) is 77.9 Å². The van der Waals surface area contributed by atoms with Crippen LogP contribution in [0.3, 0.4) is 0 Å². The van der Waals surface area contributed by atoms with E-state index in [0.29, 0.717) is 38.8 Å². The molecule has 6 N–H and O–H groups in total. The first-order chi connectivity index (χ1) is 28.2. The van der Waals surface area contributed by atoms with Crippen LogP contribution < -0.4 is 31.9 Å². The molecule has 2 rings (SSSR count). The maximum atomic E-state index is 13.2. The van der Waals surface area contributed by atoms with Gasteiger partial charge in [-0.3, -0.25) is 38.4 Å². The van der Waals surface area contributed by atoms with Gasteiger partial charge in [-0.15, -0.1) is 0 Å². The molecule has 0 saturated carbocycles. The van der Waals surface area contributed by atoms with E-state index < -0.39 is 53.5 Å². The van der Waals surface area contributed by atoms with Gasteiger partial charge in [0, 0.05) is 52.9 Å². The molecule has 0 bridgehead atoms. The molecule has 0 aromatic carbocycles. The fraction of sp³-hybridized carbons (Fsp3) is 0.767. The largest absolute Gasteiger partial charge is 0.356 e. The molecule has 2 aliphatic heterocycles. The molecule has 2 fully saturated rings. The SMILES string of the molecule is CC(=O)N[C@H](C(=O)N(C)[C@@H](CC(C)C)C(=O)N[C@H](C#N)C[C@@H]1CCNC1=O)C(C)(C)C.CC(=O)N[C@H](C(=O)N(C)[C@@H](CC(C)C)C(=O)N[C@H](C#N)C[C@@H]1CCNC1=O)C(C)C. The summed E-state index contributed by atoms with van der Waals surface area (Å²) in [6.45, 7) is 20.8. The van der Waals surface area contributed by atoms with E-state index in [1.807, 2.05) is 62.3 Å². The molecule has 2 aliphatic rings. The Labute approximate surface area is 362 Å². The second-order valence-corrected chi connectivity index (χ2v) is 18.5. The molecule has 0 radical (unpaired) electrons. The lowest BCUT2D eigenvalue weighted by Gasteiger charge is -2.37. The Kier molecular flexibility index (Phi) is 21.9. The summed E-state index contributed by atoms with van der Waals surface area (Å²) in [5.41, 5.74) is -0.555. The van der Waals surface area contributed by atoms with Gasteiger partial charge in [-0.05, 0) is 61.7 Å². The molecule has 61 heavy (non-hydrogen) atoms. The fourth-order valence-corrected chi connectivity index (χ4v) is 7.22. The number of likely N-dealkylation sites (N-methyl/N-ethyl adjacent to an activating group) is 2.